The molecule has 1 nitrogen and oxygen atoms in total. The van der Waals surface area contributed by atoms with Gasteiger partial charge >= 0.3 is 0 Å². The third kappa shape index (κ3) is 2.60. The Balaban J connectivity index is 1.92. The highest BCUT2D eigenvalue weighted by Gasteiger charge is 2.24. The number of halogens is 3. The number of anilines is 1. The quantitative estimate of drug-likeness (QED) is 0.751. The van der Waals surface area contributed by atoms with E-state index in [0.29, 0.717) is 10.7 Å². The van der Waals surface area contributed by atoms with Gasteiger partial charge in [-0.25, -0.2) is 4.39 Å². The average molecular weight is 316 g/mol. The van der Waals surface area contributed by atoms with Gasteiger partial charge < -0.3 is 5.32 Å². The Morgan fingerprint density at radius 3 is 2.95 bits per heavy atom. The molecule has 1 unspecified atom stereocenters. The van der Waals surface area contributed by atoms with Gasteiger partial charge in [0.25, 0.3) is 0 Å². The predicted octanol–water partition coefficient (Wildman–Crippen LogP) is 5.68. The Morgan fingerprint density at radius 1 is 1.32 bits per heavy atom. The van der Waals surface area contributed by atoms with E-state index in [-0.39, 0.29) is 11.9 Å². The largest absolute Gasteiger partial charge is 0.375 e. The van der Waals surface area contributed by atoms with E-state index in [4.69, 9.17) is 23.2 Å². The zero-order valence-corrected chi connectivity index (χ0v) is 12.4. The standard InChI is InChI=1S/C14H12Cl2FNS/c15-9-3-1-4-10(17)14(9)18-11-5-2-6-12-8(11)7-13(16)19-12/h1,3-4,7,11,18H,2,5-6H2. The van der Waals surface area contributed by atoms with Crippen LogP contribution in [-0.2, 0) is 6.42 Å². The molecular formula is C14H12Cl2FNS. The normalized spacial score (nSPS) is 18.2. The molecule has 0 fully saturated rings. The first-order valence-corrected chi connectivity index (χ1v) is 7.71. The van der Waals surface area contributed by atoms with Crippen molar-refractivity contribution in [1.82, 2.24) is 0 Å². The van der Waals surface area contributed by atoms with Gasteiger partial charge in [0.1, 0.15) is 5.82 Å². The molecule has 1 aromatic carbocycles. The third-order valence-electron chi connectivity index (χ3n) is 3.37. The first-order chi connectivity index (χ1) is 9.15. The van der Waals surface area contributed by atoms with E-state index in [1.54, 1.807) is 23.5 Å². The average Bonchev–Trinajstić information content (AvgIpc) is 2.75. The van der Waals surface area contributed by atoms with Crippen molar-refractivity contribution >= 4 is 40.2 Å². The van der Waals surface area contributed by atoms with Gasteiger partial charge in [0.05, 0.1) is 21.1 Å². The van der Waals surface area contributed by atoms with Crippen molar-refractivity contribution in [3.8, 4) is 0 Å². The monoisotopic (exact) mass is 315 g/mol. The molecular weight excluding hydrogens is 304 g/mol. The van der Waals surface area contributed by atoms with Crippen LogP contribution in [-0.4, -0.2) is 0 Å². The molecule has 5 heteroatoms. The molecule has 1 heterocycles. The summed E-state index contributed by atoms with van der Waals surface area (Å²) in [6.07, 6.45) is 3.09. The first-order valence-electron chi connectivity index (χ1n) is 6.14. The highest BCUT2D eigenvalue weighted by atomic mass is 35.5. The molecule has 3 rings (SSSR count). The Labute approximate surface area is 125 Å². The molecule has 0 saturated carbocycles. The fourth-order valence-corrected chi connectivity index (χ4v) is 4.08. The molecule has 1 aliphatic rings. The van der Waals surface area contributed by atoms with Crippen LogP contribution in [0.1, 0.15) is 29.3 Å². The minimum atomic E-state index is -0.319. The van der Waals surface area contributed by atoms with E-state index in [2.05, 4.69) is 5.32 Å². The van der Waals surface area contributed by atoms with Crippen LogP contribution in [0.25, 0.3) is 0 Å². The molecule has 2 aromatic rings. The van der Waals surface area contributed by atoms with Crippen molar-refractivity contribution in [3.63, 3.8) is 0 Å². The summed E-state index contributed by atoms with van der Waals surface area (Å²) in [6.45, 7) is 0. The van der Waals surface area contributed by atoms with E-state index in [1.807, 2.05) is 6.07 Å². The van der Waals surface area contributed by atoms with Gasteiger partial charge in [-0.05, 0) is 43.0 Å². The Hall–Kier alpha value is -0.770. The smallest absolute Gasteiger partial charge is 0.147 e. The van der Waals surface area contributed by atoms with Crippen LogP contribution >= 0.6 is 34.5 Å². The molecule has 19 heavy (non-hydrogen) atoms. The van der Waals surface area contributed by atoms with Crippen LogP contribution in [0, 0.1) is 5.82 Å². The van der Waals surface area contributed by atoms with Crippen LogP contribution in [0.5, 0.6) is 0 Å². The zero-order valence-electron chi connectivity index (χ0n) is 10.1. The molecule has 0 amide bonds. The SMILES string of the molecule is Fc1cccc(Cl)c1NC1CCCc2sc(Cl)cc21. The fraction of sp³-hybridized carbons (Fsp3) is 0.286. The molecule has 0 spiro atoms. The summed E-state index contributed by atoms with van der Waals surface area (Å²) in [7, 11) is 0. The fourth-order valence-electron chi connectivity index (χ4n) is 2.48. The molecule has 0 bridgehead atoms. The Bertz CT molecular complexity index is 591. The molecule has 1 aliphatic carbocycles. The molecule has 0 saturated heterocycles. The predicted molar refractivity (Wildman–Crippen MR) is 80.0 cm³/mol. The van der Waals surface area contributed by atoms with Gasteiger partial charge in [-0.2, -0.15) is 0 Å². The number of hydrogen-bond donors (Lipinski definition) is 1. The summed E-state index contributed by atoms with van der Waals surface area (Å²) in [4.78, 5) is 1.29. The lowest BCUT2D eigenvalue weighted by molar-refractivity contribution is 0.592. The summed E-state index contributed by atoms with van der Waals surface area (Å²) in [6, 6.07) is 6.78. The molecule has 1 N–H and O–H groups in total. The van der Waals surface area contributed by atoms with E-state index in [1.165, 1.54) is 16.5 Å². The molecule has 0 radical (unpaired) electrons. The van der Waals surface area contributed by atoms with Crippen LogP contribution in [0.2, 0.25) is 9.36 Å². The lowest BCUT2D eigenvalue weighted by Gasteiger charge is -2.25. The Kier molecular flexibility index (Phi) is 3.70. The number of nitrogens with one attached hydrogen (secondary N) is 1. The first kappa shape index (κ1) is 13.2. The van der Waals surface area contributed by atoms with Gasteiger partial charge in [-0.15, -0.1) is 11.3 Å². The maximum atomic E-state index is 13.8. The number of thiophene rings is 1. The number of rotatable bonds is 2. The second kappa shape index (κ2) is 5.31. The summed E-state index contributed by atoms with van der Waals surface area (Å²) < 4.78 is 14.6. The third-order valence-corrected chi connectivity index (χ3v) is 5.02. The van der Waals surface area contributed by atoms with Gasteiger partial charge in [-0.3, -0.25) is 0 Å². The van der Waals surface area contributed by atoms with Crippen LogP contribution in [0.15, 0.2) is 24.3 Å². The van der Waals surface area contributed by atoms with Crippen molar-refractivity contribution in [1.29, 1.82) is 0 Å². The molecule has 100 valence electrons. The van der Waals surface area contributed by atoms with Crippen molar-refractivity contribution < 1.29 is 4.39 Å². The lowest BCUT2D eigenvalue weighted by Crippen LogP contribution is -2.16. The second-order valence-corrected chi connectivity index (χ2v) is 6.79. The van der Waals surface area contributed by atoms with Gasteiger partial charge in [0.2, 0.25) is 0 Å². The summed E-state index contributed by atoms with van der Waals surface area (Å²) in [5.74, 6) is -0.319. The van der Waals surface area contributed by atoms with Crippen LogP contribution in [0.3, 0.4) is 0 Å². The number of fused-ring (bicyclic) bond motifs is 1. The number of para-hydroxylation sites is 1. The summed E-state index contributed by atoms with van der Waals surface area (Å²) in [5.41, 5.74) is 1.56. The van der Waals surface area contributed by atoms with Crippen LogP contribution < -0.4 is 5.32 Å². The minimum Gasteiger partial charge on any atom is -0.375 e. The zero-order chi connectivity index (χ0) is 13.4. The highest BCUT2D eigenvalue weighted by Crippen LogP contribution is 2.40. The van der Waals surface area contributed by atoms with E-state index >= 15 is 0 Å². The van der Waals surface area contributed by atoms with Crippen molar-refractivity contribution in [2.75, 3.05) is 5.32 Å². The highest BCUT2D eigenvalue weighted by molar-refractivity contribution is 7.16. The molecule has 1 atom stereocenters. The van der Waals surface area contributed by atoms with Crippen molar-refractivity contribution in [2.45, 2.75) is 25.3 Å². The minimum absolute atomic E-state index is 0.0851. The topological polar surface area (TPSA) is 12.0 Å². The molecule has 0 aliphatic heterocycles. The number of benzene rings is 1. The maximum absolute atomic E-state index is 13.8. The van der Waals surface area contributed by atoms with Gasteiger partial charge in [-0.1, -0.05) is 29.3 Å². The lowest BCUT2D eigenvalue weighted by atomic mass is 9.94. The summed E-state index contributed by atoms with van der Waals surface area (Å²) >= 11 is 13.7. The van der Waals surface area contributed by atoms with Crippen LogP contribution in [0.4, 0.5) is 10.1 Å². The van der Waals surface area contributed by atoms with Gasteiger partial charge in [0.15, 0.2) is 0 Å². The maximum Gasteiger partial charge on any atom is 0.147 e. The molecule has 1 aromatic heterocycles. The number of aryl methyl sites for hydroxylation is 1. The van der Waals surface area contributed by atoms with E-state index in [9.17, 15) is 4.39 Å². The second-order valence-electron chi connectivity index (χ2n) is 4.61. The summed E-state index contributed by atoms with van der Waals surface area (Å²) in [5, 5.41) is 3.64. The van der Waals surface area contributed by atoms with Crippen molar-refractivity contribution in [3.05, 3.63) is 49.9 Å². The number of hydrogen-bond acceptors (Lipinski definition) is 2. The Morgan fingerprint density at radius 2 is 2.16 bits per heavy atom. The van der Waals surface area contributed by atoms with E-state index < -0.39 is 0 Å². The van der Waals surface area contributed by atoms with Gasteiger partial charge in [0, 0.05) is 4.88 Å². The van der Waals surface area contributed by atoms with Crippen molar-refractivity contribution in [2.24, 2.45) is 0 Å². The van der Waals surface area contributed by atoms with E-state index in [0.717, 1.165) is 23.6 Å².